The van der Waals surface area contributed by atoms with Gasteiger partial charge in [0.2, 0.25) is 0 Å². The smallest absolute Gasteiger partial charge is 0.273 e. The van der Waals surface area contributed by atoms with Crippen LogP contribution in [0.1, 0.15) is 35.9 Å². The first-order valence-corrected chi connectivity index (χ1v) is 18.1. The van der Waals surface area contributed by atoms with Crippen molar-refractivity contribution in [2.75, 3.05) is 63.9 Å². The fraction of sp³-hybridized carbons (Fsp3) is 0.500. The van der Waals surface area contributed by atoms with E-state index in [1.807, 2.05) is 0 Å². The second kappa shape index (κ2) is 14.1. The molecular formula is C32H38F4N3O3PS. The predicted molar refractivity (Wildman–Crippen MR) is 171 cm³/mol. The summed E-state index contributed by atoms with van der Waals surface area (Å²) in [5, 5.41) is 7.45. The van der Waals surface area contributed by atoms with E-state index in [9.17, 15) is 17.7 Å². The predicted octanol–water partition coefficient (Wildman–Crippen LogP) is 6.90. The average molecular weight is 652 g/mol. The number of fused-ring (bicyclic) bond motifs is 1. The molecule has 0 saturated carbocycles. The van der Waals surface area contributed by atoms with Gasteiger partial charge in [-0.15, -0.1) is 11.3 Å². The topological polar surface area (TPSA) is 62.8 Å². The van der Waals surface area contributed by atoms with Gasteiger partial charge >= 0.3 is 0 Å². The molecule has 3 atom stereocenters. The van der Waals surface area contributed by atoms with Gasteiger partial charge in [0.25, 0.3) is 6.43 Å². The van der Waals surface area contributed by atoms with Crippen molar-refractivity contribution < 1.29 is 31.6 Å². The molecule has 12 heteroatoms. The fourth-order valence-electron chi connectivity index (χ4n) is 5.84. The van der Waals surface area contributed by atoms with Crippen LogP contribution in [-0.2, 0) is 9.30 Å². The lowest BCUT2D eigenvalue weighted by Gasteiger charge is -2.41. The van der Waals surface area contributed by atoms with E-state index in [1.54, 1.807) is 49.7 Å². The Labute approximate surface area is 259 Å². The summed E-state index contributed by atoms with van der Waals surface area (Å²) in [4.78, 5) is 2.40. The molecule has 2 aliphatic rings. The van der Waals surface area contributed by atoms with Crippen LogP contribution in [0.4, 0.5) is 28.9 Å². The summed E-state index contributed by atoms with van der Waals surface area (Å²) in [5.41, 5.74) is 1.06. The minimum absolute atomic E-state index is 0.130. The van der Waals surface area contributed by atoms with E-state index in [2.05, 4.69) is 27.4 Å². The molecule has 0 radical (unpaired) electrons. The maximum absolute atomic E-state index is 15.4. The Morgan fingerprint density at radius 1 is 1.14 bits per heavy atom. The van der Waals surface area contributed by atoms with Gasteiger partial charge in [0.1, 0.15) is 19.1 Å². The number of piperidine rings is 1. The first-order chi connectivity index (χ1) is 21.1. The van der Waals surface area contributed by atoms with Crippen LogP contribution in [0.3, 0.4) is 0 Å². The van der Waals surface area contributed by atoms with Crippen molar-refractivity contribution in [2.45, 2.75) is 50.1 Å². The summed E-state index contributed by atoms with van der Waals surface area (Å²) in [7, 11) is -0.972. The molecular weight excluding hydrogens is 613 g/mol. The molecule has 2 aliphatic heterocycles. The SMILES string of the molecule is COc1cc(P(C)(C)=O)ccc1NCC#Cc1sc2c(NC3CCN(C4CCOCC4)CC3F)cccc2c1C(F)C(F)F. The molecule has 0 amide bonds. The minimum Gasteiger partial charge on any atom is -0.495 e. The number of benzene rings is 2. The van der Waals surface area contributed by atoms with E-state index in [4.69, 9.17) is 9.47 Å². The molecule has 2 fully saturated rings. The Hall–Kier alpha value is -2.77. The highest BCUT2D eigenvalue weighted by molar-refractivity contribution is 7.70. The first-order valence-electron chi connectivity index (χ1n) is 14.7. The standard InChI is InChI=1S/C32H38F4N3O3PS/c1-41-27-18-21(43(2,3)40)9-10-25(27)37-14-5-8-28-29(30(34)32(35)36)22-6-4-7-26(31(22)44-28)38-24-11-15-39(19-23(24)33)20-12-16-42-17-13-20/h4,6-7,9-10,18,20,23-24,30,32,37-38H,11-17,19H2,1-3H3. The van der Waals surface area contributed by atoms with Crippen LogP contribution in [0.15, 0.2) is 36.4 Å². The lowest BCUT2D eigenvalue weighted by Crippen LogP contribution is -2.52. The Kier molecular flexibility index (Phi) is 10.5. The van der Waals surface area contributed by atoms with Gasteiger partial charge in [0, 0.05) is 48.6 Å². The number of likely N-dealkylation sites (tertiary alicyclic amines) is 1. The lowest BCUT2D eigenvalue weighted by atomic mass is 9.98. The Balaban J connectivity index is 1.35. The molecule has 2 N–H and O–H groups in total. The van der Waals surface area contributed by atoms with E-state index in [-0.39, 0.29) is 17.0 Å². The Bertz CT molecular complexity index is 1560. The molecule has 0 bridgehead atoms. The van der Waals surface area contributed by atoms with E-state index < -0.39 is 32.0 Å². The summed E-state index contributed by atoms with van der Waals surface area (Å²) >= 11 is 1.13. The van der Waals surface area contributed by atoms with Crippen molar-refractivity contribution in [2.24, 2.45) is 0 Å². The van der Waals surface area contributed by atoms with Crippen LogP contribution in [0.5, 0.6) is 5.75 Å². The van der Waals surface area contributed by atoms with Crippen molar-refractivity contribution in [3.8, 4) is 17.6 Å². The number of rotatable bonds is 9. The van der Waals surface area contributed by atoms with Crippen LogP contribution >= 0.6 is 18.5 Å². The van der Waals surface area contributed by atoms with Crippen LogP contribution in [0.25, 0.3) is 10.1 Å². The minimum atomic E-state index is -3.22. The zero-order chi connectivity index (χ0) is 31.4. The maximum Gasteiger partial charge on any atom is 0.273 e. The van der Waals surface area contributed by atoms with Gasteiger partial charge in [0.05, 0.1) is 40.6 Å². The van der Waals surface area contributed by atoms with Crippen LogP contribution in [0, 0.1) is 11.8 Å². The van der Waals surface area contributed by atoms with Gasteiger partial charge in [-0.25, -0.2) is 17.6 Å². The first kappa shape index (κ1) is 32.6. The summed E-state index contributed by atoms with van der Waals surface area (Å²) in [6.07, 6.45) is -4.46. The molecule has 5 rings (SSSR count). The number of nitrogens with zero attached hydrogens (tertiary/aromatic N) is 1. The third kappa shape index (κ3) is 7.37. The highest BCUT2D eigenvalue weighted by atomic mass is 32.1. The van der Waals surface area contributed by atoms with Crippen LogP contribution in [-0.4, -0.2) is 82.9 Å². The number of thiophene rings is 1. The molecule has 1 aromatic heterocycles. The number of halogens is 4. The summed E-state index contributed by atoms with van der Waals surface area (Å²) in [6, 6.07) is 10.1. The number of hydrogen-bond donors (Lipinski definition) is 2. The van der Waals surface area contributed by atoms with Gasteiger partial charge in [-0.3, -0.25) is 4.90 Å². The molecule has 0 spiro atoms. The second-order valence-corrected chi connectivity index (χ2v) is 15.8. The van der Waals surface area contributed by atoms with Crippen molar-refractivity contribution in [3.63, 3.8) is 0 Å². The quantitative estimate of drug-likeness (QED) is 0.149. The number of ether oxygens (including phenoxy) is 2. The summed E-state index contributed by atoms with van der Waals surface area (Å²) in [6.45, 7) is 5.94. The van der Waals surface area contributed by atoms with Gasteiger partial charge in [-0.05, 0) is 56.9 Å². The highest BCUT2D eigenvalue weighted by Gasteiger charge is 2.34. The van der Waals surface area contributed by atoms with Crippen molar-refractivity contribution in [1.29, 1.82) is 0 Å². The molecule has 238 valence electrons. The third-order valence-electron chi connectivity index (χ3n) is 8.25. The van der Waals surface area contributed by atoms with Crippen molar-refractivity contribution in [1.82, 2.24) is 4.90 Å². The second-order valence-electron chi connectivity index (χ2n) is 11.5. The van der Waals surface area contributed by atoms with Crippen LogP contribution < -0.4 is 20.7 Å². The molecule has 0 aliphatic carbocycles. The molecule has 2 aromatic carbocycles. The zero-order valence-electron chi connectivity index (χ0n) is 25.0. The third-order valence-corrected chi connectivity index (χ3v) is 10.9. The van der Waals surface area contributed by atoms with Gasteiger partial charge < -0.3 is 24.7 Å². The van der Waals surface area contributed by atoms with E-state index >= 15 is 4.39 Å². The Morgan fingerprint density at radius 3 is 2.59 bits per heavy atom. The van der Waals surface area contributed by atoms with Crippen molar-refractivity contribution >= 4 is 45.2 Å². The molecule has 6 nitrogen and oxygen atoms in total. The normalized spacial score (nSPS) is 20.7. The van der Waals surface area contributed by atoms with E-state index in [1.165, 1.54) is 7.11 Å². The average Bonchev–Trinajstić information content (AvgIpc) is 3.38. The maximum atomic E-state index is 15.4. The number of methoxy groups -OCH3 is 1. The molecule has 44 heavy (non-hydrogen) atoms. The highest BCUT2D eigenvalue weighted by Crippen LogP contribution is 2.43. The number of nitrogens with one attached hydrogen (secondary N) is 2. The molecule has 3 aromatic rings. The fourth-order valence-corrected chi connectivity index (χ4v) is 7.89. The monoisotopic (exact) mass is 651 g/mol. The molecule has 3 heterocycles. The molecule has 2 saturated heterocycles. The largest absolute Gasteiger partial charge is 0.495 e. The Morgan fingerprint density at radius 2 is 1.91 bits per heavy atom. The van der Waals surface area contributed by atoms with Gasteiger partial charge in [-0.1, -0.05) is 24.0 Å². The number of anilines is 2. The summed E-state index contributed by atoms with van der Waals surface area (Å²) in [5.74, 6) is 6.31. The molecule has 3 unspecified atom stereocenters. The number of alkyl halides is 4. The van der Waals surface area contributed by atoms with Crippen LogP contribution in [0.2, 0.25) is 0 Å². The van der Waals surface area contributed by atoms with Crippen molar-refractivity contribution in [3.05, 3.63) is 46.8 Å². The summed E-state index contributed by atoms with van der Waals surface area (Å²) < 4.78 is 81.6. The zero-order valence-corrected chi connectivity index (χ0v) is 26.8. The van der Waals surface area contributed by atoms with Gasteiger partial charge in [-0.2, -0.15) is 0 Å². The van der Waals surface area contributed by atoms with E-state index in [0.29, 0.717) is 64.7 Å². The van der Waals surface area contributed by atoms with Gasteiger partial charge in [0.15, 0.2) is 6.17 Å². The van der Waals surface area contributed by atoms with E-state index in [0.717, 1.165) is 30.7 Å². The number of hydrogen-bond acceptors (Lipinski definition) is 7. The lowest BCUT2D eigenvalue weighted by molar-refractivity contribution is 0.0103.